The second kappa shape index (κ2) is 8.45. The van der Waals surface area contributed by atoms with Crippen LogP contribution in [0.25, 0.3) is 10.9 Å². The minimum Gasteiger partial charge on any atom is -0.364 e. The lowest BCUT2D eigenvalue weighted by molar-refractivity contribution is -0.138. The summed E-state index contributed by atoms with van der Waals surface area (Å²) in [5, 5.41) is 14.1. The van der Waals surface area contributed by atoms with Gasteiger partial charge in [-0.25, -0.2) is 0 Å². The number of aliphatic hydroxyl groups is 1. The van der Waals surface area contributed by atoms with Crippen LogP contribution in [0.4, 0.5) is 24.5 Å². The maximum atomic E-state index is 13.1. The van der Waals surface area contributed by atoms with Crippen molar-refractivity contribution < 1.29 is 23.0 Å². The lowest BCUT2D eigenvalue weighted by atomic mass is 10.1. The molecule has 1 unspecified atom stereocenters. The van der Waals surface area contributed by atoms with E-state index in [1.807, 2.05) is 48.7 Å². The average molecular weight is 426 g/mol. The number of fused-ring (bicyclic) bond motifs is 1. The number of halogens is 3. The first-order valence-corrected chi connectivity index (χ1v) is 9.67. The van der Waals surface area contributed by atoms with E-state index in [1.54, 1.807) is 0 Å². The van der Waals surface area contributed by atoms with Gasteiger partial charge in [-0.15, -0.1) is 0 Å². The van der Waals surface area contributed by atoms with Crippen molar-refractivity contribution in [2.24, 2.45) is 0 Å². The first-order chi connectivity index (χ1) is 14.8. The summed E-state index contributed by atoms with van der Waals surface area (Å²) in [7, 11) is 1.23. The van der Waals surface area contributed by atoms with E-state index < -0.39 is 18.0 Å². The number of hydrogen-bond donors (Lipinski definition) is 2. The molecule has 31 heavy (non-hydrogen) atoms. The maximum Gasteiger partial charge on any atom is 0.416 e. The highest BCUT2D eigenvalue weighted by Gasteiger charge is 2.31. The Morgan fingerprint density at radius 3 is 2.48 bits per heavy atom. The molecule has 0 amide bonds. The molecule has 0 spiro atoms. The zero-order chi connectivity index (χ0) is 22.0. The van der Waals surface area contributed by atoms with Crippen molar-refractivity contribution in [3.63, 3.8) is 0 Å². The standard InChI is InChI=1S/C24H21F3N2O2/c1-31-23(30)20-14-18(24(25,26)27)7-9-21(20)28-19-8-10-22-17(13-19)11-12-29(22)15-16-5-3-2-4-6-16/h2-14,23,28,30H,15H2,1H3. The van der Waals surface area contributed by atoms with Crippen molar-refractivity contribution in [3.8, 4) is 0 Å². The molecule has 0 saturated heterocycles. The van der Waals surface area contributed by atoms with Crippen molar-refractivity contribution in [2.45, 2.75) is 19.0 Å². The summed E-state index contributed by atoms with van der Waals surface area (Å²) < 4.78 is 46.2. The van der Waals surface area contributed by atoms with Crippen molar-refractivity contribution in [1.29, 1.82) is 0 Å². The zero-order valence-corrected chi connectivity index (χ0v) is 16.7. The molecule has 0 aliphatic rings. The van der Waals surface area contributed by atoms with Gasteiger partial charge in [-0.05, 0) is 48.0 Å². The van der Waals surface area contributed by atoms with E-state index >= 15 is 0 Å². The van der Waals surface area contributed by atoms with Gasteiger partial charge in [0.15, 0.2) is 6.29 Å². The Balaban J connectivity index is 1.63. The van der Waals surface area contributed by atoms with Gasteiger partial charge in [0.05, 0.1) is 5.56 Å². The van der Waals surface area contributed by atoms with Gasteiger partial charge in [0, 0.05) is 47.7 Å². The molecule has 0 saturated carbocycles. The molecule has 0 aliphatic carbocycles. The smallest absolute Gasteiger partial charge is 0.364 e. The molecule has 1 heterocycles. The highest BCUT2D eigenvalue weighted by molar-refractivity contribution is 5.85. The predicted molar refractivity (Wildman–Crippen MR) is 114 cm³/mol. The Morgan fingerprint density at radius 1 is 1.00 bits per heavy atom. The topological polar surface area (TPSA) is 46.4 Å². The first kappa shape index (κ1) is 21.0. The van der Waals surface area contributed by atoms with E-state index in [0.717, 1.165) is 29.6 Å². The molecule has 0 bridgehead atoms. The van der Waals surface area contributed by atoms with E-state index in [1.165, 1.54) is 18.7 Å². The van der Waals surface area contributed by atoms with Gasteiger partial charge in [0.1, 0.15) is 0 Å². The van der Waals surface area contributed by atoms with Crippen LogP contribution in [0.5, 0.6) is 0 Å². The number of ether oxygens (including phenoxy) is 1. The molecule has 7 heteroatoms. The summed E-state index contributed by atoms with van der Waals surface area (Å²) in [6.45, 7) is 0.736. The third-order valence-electron chi connectivity index (χ3n) is 5.11. The number of methoxy groups -OCH3 is 1. The molecule has 4 rings (SSSR count). The van der Waals surface area contributed by atoms with Gasteiger partial charge in [-0.2, -0.15) is 13.2 Å². The second-order valence-electron chi connectivity index (χ2n) is 7.22. The molecule has 4 nitrogen and oxygen atoms in total. The van der Waals surface area contributed by atoms with Gasteiger partial charge in [0.2, 0.25) is 0 Å². The third kappa shape index (κ3) is 4.57. The number of aromatic nitrogens is 1. The number of nitrogens with zero attached hydrogens (tertiary/aromatic N) is 1. The van der Waals surface area contributed by atoms with Crippen LogP contribution in [0.3, 0.4) is 0 Å². The fourth-order valence-electron chi connectivity index (χ4n) is 3.54. The number of rotatable bonds is 6. The molecule has 1 aromatic heterocycles. The number of hydrogen-bond acceptors (Lipinski definition) is 3. The van der Waals surface area contributed by atoms with Crippen molar-refractivity contribution in [1.82, 2.24) is 4.57 Å². The Labute approximate surface area is 177 Å². The Morgan fingerprint density at radius 2 is 1.77 bits per heavy atom. The second-order valence-corrected chi connectivity index (χ2v) is 7.22. The normalized spacial score (nSPS) is 12.8. The van der Waals surface area contributed by atoms with E-state index in [2.05, 4.69) is 22.0 Å². The van der Waals surface area contributed by atoms with Gasteiger partial charge >= 0.3 is 6.18 Å². The molecule has 4 aromatic rings. The van der Waals surface area contributed by atoms with Crippen LogP contribution in [-0.2, 0) is 17.5 Å². The van der Waals surface area contributed by atoms with Crippen LogP contribution in [0.15, 0.2) is 79.0 Å². The van der Waals surface area contributed by atoms with Gasteiger partial charge in [0.25, 0.3) is 0 Å². The molecule has 1 atom stereocenters. The van der Waals surface area contributed by atoms with Crippen LogP contribution in [0, 0.1) is 0 Å². The highest BCUT2D eigenvalue weighted by atomic mass is 19.4. The summed E-state index contributed by atoms with van der Waals surface area (Å²) in [5.74, 6) is 0. The largest absolute Gasteiger partial charge is 0.416 e. The highest BCUT2D eigenvalue weighted by Crippen LogP contribution is 2.35. The fourth-order valence-corrected chi connectivity index (χ4v) is 3.54. The van der Waals surface area contributed by atoms with E-state index in [-0.39, 0.29) is 5.56 Å². The number of alkyl halides is 3. The Hall–Kier alpha value is -3.29. The zero-order valence-electron chi connectivity index (χ0n) is 16.7. The monoisotopic (exact) mass is 426 g/mol. The summed E-state index contributed by atoms with van der Waals surface area (Å²) in [6, 6.07) is 21.0. The van der Waals surface area contributed by atoms with Crippen LogP contribution < -0.4 is 5.32 Å². The van der Waals surface area contributed by atoms with E-state index in [4.69, 9.17) is 4.74 Å². The van der Waals surface area contributed by atoms with Crippen LogP contribution in [0.1, 0.15) is 23.0 Å². The molecular formula is C24H21F3N2O2. The molecule has 0 fully saturated rings. The predicted octanol–water partition coefficient (Wildman–Crippen LogP) is 6.09. The minimum atomic E-state index is -4.51. The lowest BCUT2D eigenvalue weighted by Crippen LogP contribution is -2.10. The SMILES string of the molecule is COC(O)c1cc(C(F)(F)F)ccc1Nc1ccc2c(ccn2Cc2ccccc2)c1. The van der Waals surface area contributed by atoms with Gasteiger partial charge in [-0.3, -0.25) is 0 Å². The first-order valence-electron chi connectivity index (χ1n) is 9.67. The molecular weight excluding hydrogens is 405 g/mol. The van der Waals surface area contributed by atoms with Gasteiger partial charge in [-0.1, -0.05) is 30.3 Å². The molecule has 160 valence electrons. The van der Waals surface area contributed by atoms with Crippen molar-refractivity contribution in [3.05, 3.63) is 95.7 Å². The Kier molecular flexibility index (Phi) is 5.71. The molecule has 0 radical (unpaired) electrons. The number of aliphatic hydroxyl groups excluding tert-OH is 1. The quantitative estimate of drug-likeness (QED) is 0.367. The lowest BCUT2D eigenvalue weighted by Gasteiger charge is -2.18. The van der Waals surface area contributed by atoms with Crippen LogP contribution >= 0.6 is 0 Å². The number of anilines is 2. The summed E-state index contributed by atoms with van der Waals surface area (Å²) in [4.78, 5) is 0. The van der Waals surface area contributed by atoms with Gasteiger partial charge < -0.3 is 19.7 Å². The Bertz CT molecular complexity index is 1190. The van der Waals surface area contributed by atoms with E-state index in [9.17, 15) is 18.3 Å². The third-order valence-corrected chi connectivity index (χ3v) is 5.11. The van der Waals surface area contributed by atoms with Crippen molar-refractivity contribution >= 4 is 22.3 Å². The van der Waals surface area contributed by atoms with E-state index in [0.29, 0.717) is 11.4 Å². The van der Waals surface area contributed by atoms with Crippen LogP contribution in [0.2, 0.25) is 0 Å². The summed E-state index contributed by atoms with van der Waals surface area (Å²) in [6.07, 6.45) is -4.00. The summed E-state index contributed by atoms with van der Waals surface area (Å²) >= 11 is 0. The minimum absolute atomic E-state index is 0.0130. The molecule has 0 aliphatic heterocycles. The maximum absolute atomic E-state index is 13.1. The fraction of sp³-hybridized carbons (Fsp3) is 0.167. The van der Waals surface area contributed by atoms with Crippen LogP contribution in [-0.4, -0.2) is 16.8 Å². The van der Waals surface area contributed by atoms with Crippen molar-refractivity contribution in [2.75, 3.05) is 12.4 Å². The molecule has 3 aromatic carbocycles. The number of benzene rings is 3. The average Bonchev–Trinajstić information content (AvgIpc) is 3.15. The molecule has 2 N–H and O–H groups in total. The summed E-state index contributed by atoms with van der Waals surface area (Å²) in [5.41, 5.74) is 2.42. The number of nitrogens with one attached hydrogen (secondary N) is 1.